The van der Waals surface area contributed by atoms with Gasteiger partial charge < -0.3 is 9.64 Å². The van der Waals surface area contributed by atoms with Gasteiger partial charge in [-0.25, -0.2) is 0 Å². The zero-order chi connectivity index (χ0) is 16.7. The third-order valence-corrected chi connectivity index (χ3v) is 6.04. The second kappa shape index (κ2) is 6.11. The standard InChI is InChI=1S/C19H16ClNO2S/c1-23-14-9-4-6-12-7-5-11-21(17(12)14)19(22)18-16(20)13-8-2-3-10-15(13)24-18/h2-4,6,8-10H,5,7,11H2,1H3. The zero-order valence-corrected chi connectivity index (χ0v) is 14.8. The molecule has 0 spiro atoms. The van der Waals surface area contributed by atoms with Crippen LogP contribution in [0, 0.1) is 0 Å². The van der Waals surface area contributed by atoms with Crippen LogP contribution in [0.25, 0.3) is 10.1 Å². The minimum atomic E-state index is -0.0494. The van der Waals surface area contributed by atoms with E-state index in [2.05, 4.69) is 6.07 Å². The first-order valence-electron chi connectivity index (χ1n) is 7.85. The van der Waals surface area contributed by atoms with Gasteiger partial charge in [-0.3, -0.25) is 4.79 Å². The lowest BCUT2D eigenvalue weighted by atomic mass is 10.0. The van der Waals surface area contributed by atoms with E-state index in [1.165, 1.54) is 11.3 Å². The molecule has 0 unspecified atom stereocenters. The SMILES string of the molecule is COc1cccc2c1N(C(=O)c1sc3ccccc3c1Cl)CCC2. The molecule has 3 aromatic rings. The highest BCUT2D eigenvalue weighted by molar-refractivity contribution is 7.21. The van der Waals surface area contributed by atoms with Gasteiger partial charge >= 0.3 is 0 Å². The summed E-state index contributed by atoms with van der Waals surface area (Å²) in [6, 6.07) is 13.8. The predicted octanol–water partition coefficient (Wildman–Crippen LogP) is 5.16. The molecule has 122 valence electrons. The number of benzene rings is 2. The van der Waals surface area contributed by atoms with Crippen LogP contribution in [0.1, 0.15) is 21.7 Å². The molecule has 2 heterocycles. The fourth-order valence-corrected chi connectivity index (χ4v) is 4.72. The Morgan fingerprint density at radius 3 is 2.83 bits per heavy atom. The molecule has 2 aromatic carbocycles. The monoisotopic (exact) mass is 357 g/mol. The van der Waals surface area contributed by atoms with Gasteiger partial charge in [-0.05, 0) is 30.5 Å². The van der Waals surface area contributed by atoms with Gasteiger partial charge in [-0.2, -0.15) is 0 Å². The number of carbonyl (C=O) groups is 1. The Hall–Kier alpha value is -2.04. The number of carbonyl (C=O) groups excluding carboxylic acids is 1. The first-order valence-corrected chi connectivity index (χ1v) is 9.05. The smallest absolute Gasteiger partial charge is 0.270 e. The number of aryl methyl sites for hydroxylation is 1. The van der Waals surface area contributed by atoms with E-state index >= 15 is 0 Å². The Labute approximate surface area is 149 Å². The van der Waals surface area contributed by atoms with Crippen molar-refractivity contribution >= 4 is 44.6 Å². The second-order valence-electron chi connectivity index (χ2n) is 5.77. The van der Waals surface area contributed by atoms with Crippen LogP contribution in [0.4, 0.5) is 5.69 Å². The van der Waals surface area contributed by atoms with Gasteiger partial charge in [0.25, 0.3) is 5.91 Å². The summed E-state index contributed by atoms with van der Waals surface area (Å²) in [5.41, 5.74) is 2.02. The molecule has 3 nitrogen and oxygen atoms in total. The first-order chi connectivity index (χ1) is 11.7. The largest absolute Gasteiger partial charge is 0.495 e. The second-order valence-corrected chi connectivity index (χ2v) is 7.20. The van der Waals surface area contributed by atoms with E-state index in [9.17, 15) is 4.79 Å². The summed E-state index contributed by atoms with van der Waals surface area (Å²) >= 11 is 7.95. The highest BCUT2D eigenvalue weighted by Crippen LogP contribution is 2.40. The number of rotatable bonds is 2. The number of hydrogen-bond donors (Lipinski definition) is 0. The number of ether oxygens (including phenoxy) is 1. The van der Waals surface area contributed by atoms with Crippen molar-refractivity contribution in [2.24, 2.45) is 0 Å². The lowest BCUT2D eigenvalue weighted by Gasteiger charge is -2.30. The van der Waals surface area contributed by atoms with Crippen molar-refractivity contribution in [1.29, 1.82) is 0 Å². The summed E-state index contributed by atoms with van der Waals surface area (Å²) < 4.78 is 6.53. The summed E-state index contributed by atoms with van der Waals surface area (Å²) in [5, 5.41) is 1.48. The van der Waals surface area contributed by atoms with Crippen molar-refractivity contribution in [3.8, 4) is 5.75 Å². The third-order valence-electron chi connectivity index (χ3n) is 4.37. The van der Waals surface area contributed by atoms with E-state index < -0.39 is 0 Å². The van der Waals surface area contributed by atoms with Crippen LogP contribution in [0.15, 0.2) is 42.5 Å². The summed E-state index contributed by atoms with van der Waals surface area (Å²) in [7, 11) is 1.64. The Morgan fingerprint density at radius 2 is 2.04 bits per heavy atom. The number of thiophene rings is 1. The zero-order valence-electron chi connectivity index (χ0n) is 13.2. The Bertz CT molecular complexity index is 920. The maximum Gasteiger partial charge on any atom is 0.270 e. The maximum absolute atomic E-state index is 13.2. The first kappa shape index (κ1) is 15.5. The molecule has 1 aromatic heterocycles. The van der Waals surface area contributed by atoms with E-state index in [1.54, 1.807) is 7.11 Å². The van der Waals surface area contributed by atoms with Crippen LogP contribution in [0.3, 0.4) is 0 Å². The molecule has 0 fully saturated rings. The molecule has 1 aliphatic heterocycles. The normalized spacial score (nSPS) is 13.8. The van der Waals surface area contributed by atoms with Gasteiger partial charge in [0, 0.05) is 16.6 Å². The van der Waals surface area contributed by atoms with E-state index in [-0.39, 0.29) is 5.91 Å². The van der Waals surface area contributed by atoms with Crippen LogP contribution in [0.5, 0.6) is 5.75 Å². The van der Waals surface area contributed by atoms with Gasteiger partial charge in [0.2, 0.25) is 0 Å². The summed E-state index contributed by atoms with van der Waals surface area (Å²) in [5.74, 6) is 0.685. The minimum absolute atomic E-state index is 0.0494. The van der Waals surface area contributed by atoms with Crippen LogP contribution in [-0.2, 0) is 6.42 Å². The molecule has 0 saturated heterocycles. The van der Waals surface area contributed by atoms with Crippen LogP contribution >= 0.6 is 22.9 Å². The van der Waals surface area contributed by atoms with Gasteiger partial charge in [0.15, 0.2) is 0 Å². The molecule has 1 amide bonds. The topological polar surface area (TPSA) is 29.5 Å². The highest BCUT2D eigenvalue weighted by Gasteiger charge is 2.29. The minimum Gasteiger partial charge on any atom is -0.495 e. The highest BCUT2D eigenvalue weighted by atomic mass is 35.5. The molecule has 1 aliphatic rings. The maximum atomic E-state index is 13.2. The molecule has 0 bridgehead atoms. The average Bonchev–Trinajstić information content (AvgIpc) is 2.97. The molecule has 0 atom stereocenters. The van der Waals surface area contributed by atoms with Gasteiger partial charge in [-0.15, -0.1) is 11.3 Å². The molecule has 0 saturated carbocycles. The fourth-order valence-electron chi connectivity index (χ4n) is 3.26. The fraction of sp³-hybridized carbons (Fsp3) is 0.211. The van der Waals surface area contributed by atoms with Crippen molar-refractivity contribution in [2.75, 3.05) is 18.6 Å². The van der Waals surface area contributed by atoms with Gasteiger partial charge in [-0.1, -0.05) is 41.9 Å². The van der Waals surface area contributed by atoms with Crippen molar-refractivity contribution in [3.05, 3.63) is 57.9 Å². The number of methoxy groups -OCH3 is 1. The Balaban J connectivity index is 1.82. The Morgan fingerprint density at radius 1 is 1.21 bits per heavy atom. The molecule has 4 rings (SSSR count). The van der Waals surface area contributed by atoms with E-state index in [1.807, 2.05) is 41.3 Å². The van der Waals surface area contributed by atoms with Crippen molar-refractivity contribution in [1.82, 2.24) is 0 Å². The third kappa shape index (κ3) is 2.38. The molecule has 0 N–H and O–H groups in total. The Kier molecular flexibility index (Phi) is 3.94. The molecule has 0 aliphatic carbocycles. The average molecular weight is 358 g/mol. The predicted molar refractivity (Wildman–Crippen MR) is 99.8 cm³/mol. The number of fused-ring (bicyclic) bond motifs is 2. The molecular formula is C19H16ClNO2S. The van der Waals surface area contributed by atoms with Crippen LogP contribution < -0.4 is 9.64 Å². The number of amides is 1. The molecule has 24 heavy (non-hydrogen) atoms. The number of para-hydroxylation sites is 1. The van der Waals surface area contributed by atoms with E-state index in [0.717, 1.165) is 39.9 Å². The van der Waals surface area contributed by atoms with Crippen molar-refractivity contribution < 1.29 is 9.53 Å². The molecule has 5 heteroatoms. The van der Waals surface area contributed by atoms with Gasteiger partial charge in [0.05, 0.1) is 17.8 Å². The van der Waals surface area contributed by atoms with Crippen LogP contribution in [0.2, 0.25) is 5.02 Å². The lowest BCUT2D eigenvalue weighted by Crippen LogP contribution is -2.35. The van der Waals surface area contributed by atoms with Gasteiger partial charge in [0.1, 0.15) is 10.6 Å². The summed E-state index contributed by atoms with van der Waals surface area (Å²) in [4.78, 5) is 15.6. The van der Waals surface area contributed by atoms with Crippen molar-refractivity contribution in [2.45, 2.75) is 12.8 Å². The number of nitrogens with zero attached hydrogens (tertiary/aromatic N) is 1. The lowest BCUT2D eigenvalue weighted by molar-refractivity contribution is 0.0988. The number of hydrogen-bond acceptors (Lipinski definition) is 3. The summed E-state index contributed by atoms with van der Waals surface area (Å²) in [6.45, 7) is 0.677. The molecule has 0 radical (unpaired) electrons. The quantitative estimate of drug-likeness (QED) is 0.634. The summed E-state index contributed by atoms with van der Waals surface area (Å²) in [6.07, 6.45) is 1.89. The number of halogens is 1. The van der Waals surface area contributed by atoms with E-state index in [0.29, 0.717) is 16.4 Å². The van der Waals surface area contributed by atoms with Crippen molar-refractivity contribution in [3.63, 3.8) is 0 Å². The van der Waals surface area contributed by atoms with E-state index in [4.69, 9.17) is 16.3 Å². The molecular weight excluding hydrogens is 342 g/mol. The van der Waals surface area contributed by atoms with Crippen LogP contribution in [-0.4, -0.2) is 19.6 Å². The number of anilines is 1.